The summed E-state index contributed by atoms with van der Waals surface area (Å²) in [4.78, 5) is 0. The molecular weight excluding hydrogens is 355 g/mol. The molecule has 0 N–H and O–H groups in total. The number of hydrogen-bond donors (Lipinski definition) is 0. The first kappa shape index (κ1) is 16.3. The Morgan fingerprint density at radius 3 is 2.71 bits per heavy atom. The van der Waals surface area contributed by atoms with E-state index in [2.05, 4.69) is 22.9 Å². The van der Waals surface area contributed by atoms with Gasteiger partial charge in [-0.2, -0.15) is 0 Å². The Labute approximate surface area is 138 Å². The van der Waals surface area contributed by atoms with Gasteiger partial charge >= 0.3 is 0 Å². The van der Waals surface area contributed by atoms with Crippen LogP contribution >= 0.6 is 27.5 Å². The molecule has 4 heteroatoms. The van der Waals surface area contributed by atoms with Crippen LogP contribution in [0.1, 0.15) is 29.8 Å². The average molecular weight is 372 g/mol. The standard InChI is InChI=1S/C17H17BrClFO/c1-2-8-21-17-7-6-13(11-15(17)18)16(19)10-12-4-3-5-14(20)9-12/h3-7,9,11,16H,2,8,10H2,1H3. The highest BCUT2D eigenvalue weighted by molar-refractivity contribution is 9.10. The molecule has 0 saturated carbocycles. The molecule has 2 aromatic rings. The van der Waals surface area contributed by atoms with Crippen LogP contribution in [0.25, 0.3) is 0 Å². The number of halogens is 3. The van der Waals surface area contributed by atoms with Gasteiger partial charge in [-0.3, -0.25) is 0 Å². The highest BCUT2D eigenvalue weighted by Crippen LogP contribution is 2.32. The van der Waals surface area contributed by atoms with Crippen molar-refractivity contribution in [1.29, 1.82) is 0 Å². The van der Waals surface area contributed by atoms with Crippen molar-refractivity contribution in [3.05, 3.63) is 63.9 Å². The molecule has 1 nitrogen and oxygen atoms in total. The van der Waals surface area contributed by atoms with Crippen LogP contribution in [0.2, 0.25) is 0 Å². The molecule has 0 bridgehead atoms. The molecule has 21 heavy (non-hydrogen) atoms. The van der Waals surface area contributed by atoms with Crippen molar-refractivity contribution in [2.24, 2.45) is 0 Å². The van der Waals surface area contributed by atoms with Gasteiger partial charge in [0.15, 0.2) is 0 Å². The lowest BCUT2D eigenvalue weighted by Crippen LogP contribution is -1.99. The molecule has 2 rings (SSSR count). The molecule has 0 heterocycles. The van der Waals surface area contributed by atoms with Gasteiger partial charge in [0.2, 0.25) is 0 Å². The summed E-state index contributed by atoms with van der Waals surface area (Å²) >= 11 is 9.94. The number of hydrogen-bond acceptors (Lipinski definition) is 1. The zero-order chi connectivity index (χ0) is 15.2. The van der Waals surface area contributed by atoms with Gasteiger partial charge in [-0.05, 0) is 64.2 Å². The highest BCUT2D eigenvalue weighted by Gasteiger charge is 2.12. The van der Waals surface area contributed by atoms with Crippen molar-refractivity contribution in [1.82, 2.24) is 0 Å². The molecule has 2 aromatic carbocycles. The maximum Gasteiger partial charge on any atom is 0.133 e. The lowest BCUT2D eigenvalue weighted by Gasteiger charge is -2.13. The molecule has 0 amide bonds. The third kappa shape index (κ3) is 4.72. The van der Waals surface area contributed by atoms with Gasteiger partial charge in [-0.25, -0.2) is 4.39 Å². The monoisotopic (exact) mass is 370 g/mol. The van der Waals surface area contributed by atoms with E-state index in [4.69, 9.17) is 16.3 Å². The molecule has 112 valence electrons. The third-order valence-corrected chi connectivity index (χ3v) is 4.11. The summed E-state index contributed by atoms with van der Waals surface area (Å²) < 4.78 is 19.7. The van der Waals surface area contributed by atoms with Crippen LogP contribution < -0.4 is 4.74 Å². The molecule has 0 fully saturated rings. The molecule has 0 spiro atoms. The van der Waals surface area contributed by atoms with Crippen molar-refractivity contribution in [3.8, 4) is 5.75 Å². The first-order valence-electron chi connectivity index (χ1n) is 6.91. The zero-order valence-corrected chi connectivity index (χ0v) is 14.1. The minimum Gasteiger partial charge on any atom is -0.492 e. The van der Waals surface area contributed by atoms with Gasteiger partial charge in [0.25, 0.3) is 0 Å². The second kappa shape index (κ2) is 7.81. The first-order valence-corrected chi connectivity index (χ1v) is 8.14. The molecule has 0 aliphatic heterocycles. The largest absolute Gasteiger partial charge is 0.492 e. The molecule has 0 saturated heterocycles. The van der Waals surface area contributed by atoms with Crippen LogP contribution in [0.3, 0.4) is 0 Å². The summed E-state index contributed by atoms with van der Waals surface area (Å²) in [5.74, 6) is 0.580. The lowest BCUT2D eigenvalue weighted by molar-refractivity contribution is 0.315. The van der Waals surface area contributed by atoms with Gasteiger partial charge in [-0.1, -0.05) is 25.1 Å². The van der Waals surface area contributed by atoms with Crippen LogP contribution in [0, 0.1) is 5.82 Å². The Balaban J connectivity index is 2.08. The van der Waals surface area contributed by atoms with Crippen LogP contribution in [-0.2, 0) is 6.42 Å². The molecule has 0 aliphatic rings. The van der Waals surface area contributed by atoms with E-state index in [1.165, 1.54) is 12.1 Å². The summed E-state index contributed by atoms with van der Waals surface area (Å²) in [5, 5.41) is -0.205. The van der Waals surface area contributed by atoms with Gasteiger partial charge in [0.1, 0.15) is 11.6 Å². The summed E-state index contributed by atoms with van der Waals surface area (Å²) in [6.07, 6.45) is 1.55. The van der Waals surface area contributed by atoms with Crippen LogP contribution in [0.4, 0.5) is 4.39 Å². The number of benzene rings is 2. The van der Waals surface area contributed by atoms with E-state index in [9.17, 15) is 4.39 Å². The number of rotatable bonds is 6. The Hall–Kier alpha value is -1.06. The molecule has 0 aliphatic carbocycles. The fourth-order valence-corrected chi connectivity index (χ4v) is 2.85. The van der Waals surface area contributed by atoms with Gasteiger partial charge in [0, 0.05) is 0 Å². The Kier molecular flexibility index (Phi) is 6.07. The quantitative estimate of drug-likeness (QED) is 0.574. The average Bonchev–Trinajstić information content (AvgIpc) is 2.46. The Morgan fingerprint density at radius 2 is 2.05 bits per heavy atom. The smallest absolute Gasteiger partial charge is 0.133 e. The SMILES string of the molecule is CCCOc1ccc(C(Cl)Cc2cccc(F)c2)cc1Br. The molecule has 0 radical (unpaired) electrons. The van der Waals surface area contributed by atoms with E-state index >= 15 is 0 Å². The van der Waals surface area contributed by atoms with Gasteiger partial charge in [0.05, 0.1) is 16.5 Å². The van der Waals surface area contributed by atoms with E-state index < -0.39 is 0 Å². The van der Waals surface area contributed by atoms with Crippen LogP contribution in [-0.4, -0.2) is 6.61 Å². The first-order chi connectivity index (χ1) is 10.1. The zero-order valence-electron chi connectivity index (χ0n) is 11.8. The second-order valence-electron chi connectivity index (χ2n) is 4.84. The number of ether oxygens (including phenoxy) is 1. The molecule has 0 aromatic heterocycles. The van der Waals surface area contributed by atoms with Crippen molar-refractivity contribution < 1.29 is 9.13 Å². The van der Waals surface area contributed by atoms with Crippen molar-refractivity contribution in [2.45, 2.75) is 25.1 Å². The summed E-state index contributed by atoms with van der Waals surface area (Å²) in [7, 11) is 0. The van der Waals surface area contributed by atoms with E-state index in [-0.39, 0.29) is 11.2 Å². The minimum absolute atomic E-state index is 0.205. The normalized spacial score (nSPS) is 12.2. The van der Waals surface area contributed by atoms with E-state index in [1.54, 1.807) is 6.07 Å². The van der Waals surface area contributed by atoms with Crippen LogP contribution in [0.15, 0.2) is 46.9 Å². The van der Waals surface area contributed by atoms with E-state index in [1.807, 2.05) is 24.3 Å². The fourth-order valence-electron chi connectivity index (χ4n) is 2.03. The van der Waals surface area contributed by atoms with Gasteiger partial charge in [-0.15, -0.1) is 11.6 Å². The minimum atomic E-state index is -0.235. The second-order valence-corrected chi connectivity index (χ2v) is 6.22. The molecular formula is C17H17BrClFO. The van der Waals surface area contributed by atoms with Crippen molar-refractivity contribution >= 4 is 27.5 Å². The molecule has 1 unspecified atom stereocenters. The Morgan fingerprint density at radius 1 is 1.24 bits per heavy atom. The summed E-state index contributed by atoms with van der Waals surface area (Å²) in [6.45, 7) is 2.75. The predicted octanol–water partition coefficient (Wildman–Crippen LogP) is 5.90. The lowest BCUT2D eigenvalue weighted by atomic mass is 10.0. The van der Waals surface area contributed by atoms with E-state index in [0.29, 0.717) is 13.0 Å². The van der Waals surface area contributed by atoms with Crippen LogP contribution in [0.5, 0.6) is 5.75 Å². The third-order valence-electron chi connectivity index (χ3n) is 3.08. The topological polar surface area (TPSA) is 9.23 Å². The summed E-state index contributed by atoms with van der Waals surface area (Å²) in [5.41, 5.74) is 1.87. The highest BCUT2D eigenvalue weighted by atomic mass is 79.9. The maximum atomic E-state index is 13.2. The number of alkyl halides is 1. The van der Waals surface area contributed by atoms with Crippen molar-refractivity contribution in [2.75, 3.05) is 6.61 Å². The van der Waals surface area contributed by atoms with Crippen molar-refractivity contribution in [3.63, 3.8) is 0 Å². The fraction of sp³-hybridized carbons (Fsp3) is 0.294. The predicted molar refractivity (Wildman–Crippen MR) is 88.6 cm³/mol. The maximum absolute atomic E-state index is 13.2. The van der Waals surface area contributed by atoms with Gasteiger partial charge < -0.3 is 4.74 Å². The Bertz CT molecular complexity index is 603. The van der Waals surface area contributed by atoms with E-state index in [0.717, 1.165) is 27.8 Å². The molecule has 1 atom stereocenters. The summed E-state index contributed by atoms with van der Waals surface area (Å²) in [6, 6.07) is 12.4.